The third-order valence-electron chi connectivity index (χ3n) is 4.40. The zero-order chi connectivity index (χ0) is 19.0. The molecule has 0 aliphatic heterocycles. The number of fused-ring (bicyclic) bond motifs is 1. The summed E-state index contributed by atoms with van der Waals surface area (Å²) < 4.78 is 12.3. The first-order valence-electron chi connectivity index (χ1n) is 8.62. The number of aryl methyl sites for hydroxylation is 2. The van der Waals surface area contributed by atoms with Crippen LogP contribution >= 0.6 is 11.3 Å². The van der Waals surface area contributed by atoms with Crippen LogP contribution in [0.15, 0.2) is 52.9 Å². The Balaban J connectivity index is 1.53. The van der Waals surface area contributed by atoms with Crippen LogP contribution in [0.5, 0.6) is 0 Å². The van der Waals surface area contributed by atoms with Gasteiger partial charge in [0.1, 0.15) is 4.88 Å². The average molecular weight is 378 g/mol. The van der Waals surface area contributed by atoms with Crippen LogP contribution in [-0.4, -0.2) is 16.2 Å². The number of thiophene rings is 1. The fourth-order valence-electron chi connectivity index (χ4n) is 2.85. The molecule has 2 aromatic carbocycles. The van der Waals surface area contributed by atoms with Crippen LogP contribution in [-0.2, 0) is 4.74 Å². The molecule has 2 aromatic heterocycles. The smallest absolute Gasteiger partial charge is 0.349 e. The molecule has 27 heavy (non-hydrogen) atoms. The maximum absolute atomic E-state index is 12.6. The zero-order valence-electron chi connectivity index (χ0n) is 15.2. The zero-order valence-corrected chi connectivity index (χ0v) is 16.0. The van der Waals surface area contributed by atoms with Gasteiger partial charge in [-0.2, -0.15) is 0 Å². The van der Waals surface area contributed by atoms with Gasteiger partial charge in [0.2, 0.25) is 5.89 Å². The van der Waals surface area contributed by atoms with E-state index >= 15 is 0 Å². The lowest BCUT2D eigenvalue weighted by molar-refractivity contribution is 0.0285. The van der Waals surface area contributed by atoms with E-state index in [4.69, 9.17) is 9.15 Å². The van der Waals surface area contributed by atoms with Gasteiger partial charge in [-0.3, -0.25) is 0 Å². The minimum absolute atomic E-state index is 0.276. The number of carbonyl (C=O) groups excluding carboxylic acids is 1. The Labute approximate surface area is 160 Å². The van der Waals surface area contributed by atoms with Gasteiger partial charge in [0, 0.05) is 10.3 Å². The summed E-state index contributed by atoms with van der Waals surface area (Å²) in [6.45, 7) is 5.68. The van der Waals surface area contributed by atoms with Gasteiger partial charge in [-0.1, -0.05) is 35.9 Å². The normalized spacial score (nSPS) is 12.3. The van der Waals surface area contributed by atoms with Gasteiger partial charge >= 0.3 is 5.97 Å². The number of carbonyl (C=O) groups is 1. The Bertz CT molecular complexity index is 1110. The molecule has 0 saturated carbocycles. The molecule has 0 N–H and O–H groups in total. The van der Waals surface area contributed by atoms with Crippen LogP contribution < -0.4 is 0 Å². The van der Waals surface area contributed by atoms with Crippen LogP contribution in [0.4, 0.5) is 0 Å². The number of esters is 1. The average Bonchev–Trinajstić information content (AvgIpc) is 3.28. The van der Waals surface area contributed by atoms with Crippen LogP contribution in [0, 0.1) is 13.8 Å². The number of aromatic nitrogens is 2. The minimum Gasteiger partial charge on any atom is -0.448 e. The van der Waals surface area contributed by atoms with E-state index in [2.05, 4.69) is 10.2 Å². The number of hydrogen-bond donors (Lipinski definition) is 0. The van der Waals surface area contributed by atoms with E-state index in [9.17, 15) is 4.79 Å². The molecule has 5 nitrogen and oxygen atoms in total. The quantitative estimate of drug-likeness (QED) is 0.440. The standard InChI is InChI=1S/C21H18N2O3S/c1-12-8-10-15(11-9-12)20-23-22-19(26-20)14(3)25-21(24)18-13(2)16-6-4-5-7-17(16)27-18/h4-11,14H,1-3H3. The van der Waals surface area contributed by atoms with E-state index in [0.29, 0.717) is 10.8 Å². The lowest BCUT2D eigenvalue weighted by Gasteiger charge is -2.08. The topological polar surface area (TPSA) is 65.2 Å². The highest BCUT2D eigenvalue weighted by molar-refractivity contribution is 7.21. The third kappa shape index (κ3) is 3.36. The second-order valence-electron chi connectivity index (χ2n) is 6.41. The van der Waals surface area contributed by atoms with E-state index in [1.165, 1.54) is 11.3 Å². The van der Waals surface area contributed by atoms with E-state index in [1.807, 2.05) is 62.4 Å². The van der Waals surface area contributed by atoms with E-state index in [1.54, 1.807) is 6.92 Å². The largest absolute Gasteiger partial charge is 0.448 e. The Hall–Kier alpha value is -2.99. The monoisotopic (exact) mass is 378 g/mol. The fourth-order valence-corrected chi connectivity index (χ4v) is 3.94. The van der Waals surface area contributed by atoms with Crippen molar-refractivity contribution in [2.45, 2.75) is 26.9 Å². The summed E-state index contributed by atoms with van der Waals surface area (Å²) in [5, 5.41) is 9.17. The molecule has 0 fully saturated rings. The summed E-state index contributed by atoms with van der Waals surface area (Å²) in [5.74, 6) is 0.305. The Morgan fingerprint density at radius 3 is 2.56 bits per heavy atom. The highest BCUT2D eigenvalue weighted by Gasteiger charge is 2.23. The first-order chi connectivity index (χ1) is 13.0. The maximum atomic E-state index is 12.6. The molecular weight excluding hydrogens is 360 g/mol. The van der Waals surface area contributed by atoms with E-state index in [0.717, 1.165) is 26.8 Å². The summed E-state index contributed by atoms with van der Waals surface area (Å²) >= 11 is 1.43. The van der Waals surface area contributed by atoms with Gasteiger partial charge in [-0.05, 0) is 49.9 Å². The molecule has 0 spiro atoms. The Morgan fingerprint density at radius 2 is 1.81 bits per heavy atom. The van der Waals surface area contributed by atoms with Crippen molar-refractivity contribution in [3.63, 3.8) is 0 Å². The van der Waals surface area contributed by atoms with Gasteiger partial charge < -0.3 is 9.15 Å². The molecule has 6 heteroatoms. The van der Waals surface area contributed by atoms with Gasteiger partial charge in [0.15, 0.2) is 6.10 Å². The minimum atomic E-state index is -0.631. The summed E-state index contributed by atoms with van der Waals surface area (Å²) in [5.41, 5.74) is 2.91. The number of rotatable bonds is 4. The van der Waals surface area contributed by atoms with Crippen molar-refractivity contribution in [2.75, 3.05) is 0 Å². The molecule has 0 aliphatic rings. The summed E-state index contributed by atoms with van der Waals surface area (Å²) in [6, 6.07) is 15.7. The lowest BCUT2D eigenvalue weighted by atomic mass is 10.1. The van der Waals surface area contributed by atoms with E-state index in [-0.39, 0.29) is 11.9 Å². The highest BCUT2D eigenvalue weighted by Crippen LogP contribution is 2.32. The summed E-state index contributed by atoms with van der Waals surface area (Å²) in [4.78, 5) is 13.2. The van der Waals surface area contributed by atoms with E-state index < -0.39 is 6.10 Å². The maximum Gasteiger partial charge on any atom is 0.349 e. The van der Waals surface area contributed by atoms with Crippen molar-refractivity contribution in [1.82, 2.24) is 10.2 Å². The molecule has 136 valence electrons. The van der Waals surface area contributed by atoms with Gasteiger partial charge in [-0.25, -0.2) is 4.79 Å². The first kappa shape index (κ1) is 17.4. The van der Waals surface area contributed by atoms with Gasteiger partial charge in [0.05, 0.1) is 0 Å². The number of hydrogen-bond acceptors (Lipinski definition) is 6. The molecule has 4 rings (SSSR count). The SMILES string of the molecule is Cc1ccc(-c2nnc(C(C)OC(=O)c3sc4ccccc4c3C)o2)cc1. The van der Waals surface area contributed by atoms with Gasteiger partial charge in [-0.15, -0.1) is 21.5 Å². The highest BCUT2D eigenvalue weighted by atomic mass is 32.1. The Kier molecular flexibility index (Phi) is 4.49. The summed E-state index contributed by atoms with van der Waals surface area (Å²) in [6.07, 6.45) is -0.631. The van der Waals surface area contributed by atoms with Crippen molar-refractivity contribution in [3.8, 4) is 11.5 Å². The Morgan fingerprint density at radius 1 is 1.07 bits per heavy atom. The third-order valence-corrected chi connectivity index (χ3v) is 5.65. The van der Waals surface area contributed by atoms with Crippen molar-refractivity contribution in [2.24, 2.45) is 0 Å². The molecular formula is C21H18N2O3S. The number of nitrogens with zero attached hydrogens (tertiary/aromatic N) is 2. The molecule has 0 saturated heterocycles. The van der Waals surface area contributed by atoms with Crippen molar-refractivity contribution in [1.29, 1.82) is 0 Å². The first-order valence-corrected chi connectivity index (χ1v) is 9.44. The van der Waals surface area contributed by atoms with Crippen molar-refractivity contribution in [3.05, 3.63) is 70.4 Å². The second-order valence-corrected chi connectivity index (χ2v) is 7.46. The van der Waals surface area contributed by atoms with Crippen molar-refractivity contribution < 1.29 is 13.9 Å². The lowest BCUT2D eigenvalue weighted by Crippen LogP contribution is -2.09. The molecule has 1 atom stereocenters. The fraction of sp³-hybridized carbons (Fsp3) is 0.190. The van der Waals surface area contributed by atoms with Crippen LogP contribution in [0.3, 0.4) is 0 Å². The predicted molar refractivity (Wildman–Crippen MR) is 105 cm³/mol. The summed E-state index contributed by atoms with van der Waals surface area (Å²) in [7, 11) is 0. The van der Waals surface area contributed by atoms with Crippen molar-refractivity contribution >= 4 is 27.4 Å². The molecule has 2 heterocycles. The van der Waals surface area contributed by atoms with Crippen LogP contribution in [0.2, 0.25) is 0 Å². The molecule has 0 bridgehead atoms. The second kappa shape index (κ2) is 6.96. The molecule has 0 amide bonds. The number of ether oxygens (including phenoxy) is 1. The molecule has 1 unspecified atom stereocenters. The molecule has 0 aliphatic carbocycles. The van der Waals surface area contributed by atoms with Crippen LogP contribution in [0.1, 0.15) is 39.7 Å². The molecule has 0 radical (unpaired) electrons. The van der Waals surface area contributed by atoms with Crippen LogP contribution in [0.25, 0.3) is 21.5 Å². The number of benzene rings is 2. The predicted octanol–water partition coefficient (Wildman–Crippen LogP) is 5.49. The van der Waals surface area contributed by atoms with Gasteiger partial charge in [0.25, 0.3) is 5.89 Å². The molecule has 4 aromatic rings.